The zero-order valence-electron chi connectivity index (χ0n) is 7.32. The largest absolute Gasteiger partial charge is 0.388 e. The number of hydrogen-bond acceptors (Lipinski definition) is 4. The van der Waals surface area contributed by atoms with Crippen molar-refractivity contribution >= 4 is 0 Å². The lowest BCUT2D eigenvalue weighted by Crippen LogP contribution is -2.09. The van der Waals surface area contributed by atoms with Crippen LogP contribution in [0.2, 0.25) is 0 Å². The molecule has 0 aliphatic heterocycles. The molecule has 0 aromatic carbocycles. The van der Waals surface area contributed by atoms with Gasteiger partial charge in [0.25, 0.3) is 0 Å². The van der Waals surface area contributed by atoms with E-state index in [1.165, 1.54) is 0 Å². The van der Waals surface area contributed by atoms with Crippen LogP contribution in [0.25, 0.3) is 0 Å². The molecule has 5 heteroatoms. The highest BCUT2D eigenvalue weighted by Crippen LogP contribution is 2.00. The van der Waals surface area contributed by atoms with Crippen LogP contribution in [-0.2, 0) is 17.9 Å². The predicted molar refractivity (Wildman–Crippen MR) is 42.6 cm³/mol. The van der Waals surface area contributed by atoms with Crippen molar-refractivity contribution in [2.75, 3.05) is 13.7 Å². The van der Waals surface area contributed by atoms with Gasteiger partial charge in [0.05, 0.1) is 6.61 Å². The summed E-state index contributed by atoms with van der Waals surface area (Å²) in [5, 5.41) is 16.5. The van der Waals surface area contributed by atoms with E-state index in [0.29, 0.717) is 19.0 Å². The third kappa shape index (κ3) is 1.80. The van der Waals surface area contributed by atoms with Gasteiger partial charge in [-0.1, -0.05) is 0 Å². The fourth-order valence-electron chi connectivity index (χ4n) is 1.02. The van der Waals surface area contributed by atoms with E-state index in [9.17, 15) is 0 Å². The summed E-state index contributed by atoms with van der Waals surface area (Å²) in [5.74, 6) is 1.39. The summed E-state index contributed by atoms with van der Waals surface area (Å²) >= 11 is 0. The molecule has 1 rings (SSSR count). The summed E-state index contributed by atoms with van der Waals surface area (Å²) < 4.78 is 6.75. The van der Waals surface area contributed by atoms with Crippen LogP contribution in [0.3, 0.4) is 0 Å². The molecule has 0 aliphatic rings. The van der Waals surface area contributed by atoms with Crippen LogP contribution in [0, 0.1) is 6.92 Å². The van der Waals surface area contributed by atoms with Crippen LogP contribution >= 0.6 is 0 Å². The number of ether oxygens (including phenoxy) is 1. The molecule has 5 nitrogen and oxygen atoms in total. The highest BCUT2D eigenvalue weighted by atomic mass is 16.5. The molecule has 0 fully saturated rings. The van der Waals surface area contributed by atoms with E-state index in [-0.39, 0.29) is 6.61 Å². The first-order chi connectivity index (χ1) is 5.79. The van der Waals surface area contributed by atoms with Gasteiger partial charge >= 0.3 is 0 Å². The lowest BCUT2D eigenvalue weighted by molar-refractivity contribution is 0.182. The lowest BCUT2D eigenvalue weighted by atomic mass is 10.5. The van der Waals surface area contributed by atoms with E-state index in [1.54, 1.807) is 7.11 Å². The topological polar surface area (TPSA) is 60.2 Å². The normalized spacial score (nSPS) is 10.6. The average Bonchev–Trinajstić information content (AvgIpc) is 2.43. The molecule has 0 saturated heterocycles. The third-order valence-corrected chi connectivity index (χ3v) is 1.67. The van der Waals surface area contributed by atoms with E-state index in [0.717, 1.165) is 5.82 Å². The van der Waals surface area contributed by atoms with Gasteiger partial charge in [-0.05, 0) is 6.92 Å². The minimum atomic E-state index is -0.0788. The Hall–Kier alpha value is -0.940. The minimum Gasteiger partial charge on any atom is -0.388 e. The first kappa shape index (κ1) is 9.15. The fraction of sp³-hybridized carbons (Fsp3) is 0.714. The van der Waals surface area contributed by atoms with Gasteiger partial charge in [-0.2, -0.15) is 0 Å². The molecule has 0 atom stereocenters. The van der Waals surface area contributed by atoms with Crippen LogP contribution in [0.4, 0.5) is 0 Å². The molecule has 0 radical (unpaired) electrons. The summed E-state index contributed by atoms with van der Waals surface area (Å²) in [6, 6.07) is 0. The second-order valence-electron chi connectivity index (χ2n) is 2.47. The van der Waals surface area contributed by atoms with E-state index >= 15 is 0 Å². The van der Waals surface area contributed by atoms with E-state index in [4.69, 9.17) is 9.84 Å². The SMILES string of the molecule is COCCn1c(C)nnc1CO. The first-order valence-electron chi connectivity index (χ1n) is 3.78. The van der Waals surface area contributed by atoms with Crippen LogP contribution in [0.1, 0.15) is 11.6 Å². The molecule has 0 unspecified atom stereocenters. The molecule has 0 spiro atoms. The average molecular weight is 171 g/mol. The van der Waals surface area contributed by atoms with E-state index < -0.39 is 0 Å². The standard InChI is InChI=1S/C7H13N3O2/c1-6-8-9-7(5-11)10(6)3-4-12-2/h11H,3-5H2,1-2H3. The van der Waals surface area contributed by atoms with E-state index in [2.05, 4.69) is 10.2 Å². The number of hydrogen-bond donors (Lipinski definition) is 1. The van der Waals surface area contributed by atoms with Crippen LogP contribution in [0.5, 0.6) is 0 Å². The molecule has 1 aromatic heterocycles. The summed E-state index contributed by atoms with van der Waals surface area (Å²) in [4.78, 5) is 0. The van der Waals surface area contributed by atoms with Crippen molar-refractivity contribution in [3.63, 3.8) is 0 Å². The smallest absolute Gasteiger partial charge is 0.158 e. The van der Waals surface area contributed by atoms with Crippen molar-refractivity contribution in [3.05, 3.63) is 11.6 Å². The first-order valence-corrected chi connectivity index (χ1v) is 3.78. The summed E-state index contributed by atoms with van der Waals surface area (Å²) in [5.41, 5.74) is 0. The Balaban J connectivity index is 2.72. The highest BCUT2D eigenvalue weighted by molar-refractivity contribution is 4.91. The van der Waals surface area contributed by atoms with Crippen molar-refractivity contribution < 1.29 is 9.84 Å². The summed E-state index contributed by atoms with van der Waals surface area (Å²) in [7, 11) is 1.64. The van der Waals surface area contributed by atoms with Gasteiger partial charge in [0.2, 0.25) is 0 Å². The molecule has 0 amide bonds. The van der Waals surface area contributed by atoms with Crippen LogP contribution in [0.15, 0.2) is 0 Å². The molecule has 0 aliphatic carbocycles. The second kappa shape index (κ2) is 4.18. The Bertz CT molecular complexity index is 247. The van der Waals surface area contributed by atoms with Crippen LogP contribution in [-0.4, -0.2) is 33.6 Å². The molecule has 68 valence electrons. The number of methoxy groups -OCH3 is 1. The van der Waals surface area contributed by atoms with Gasteiger partial charge in [-0.25, -0.2) is 0 Å². The maximum absolute atomic E-state index is 8.87. The van der Waals surface area contributed by atoms with Gasteiger partial charge in [0.15, 0.2) is 5.82 Å². The number of aliphatic hydroxyl groups is 1. The number of aliphatic hydroxyl groups excluding tert-OH is 1. The molecule has 12 heavy (non-hydrogen) atoms. The van der Waals surface area contributed by atoms with Crippen molar-refractivity contribution in [1.29, 1.82) is 0 Å². The molecular weight excluding hydrogens is 158 g/mol. The highest BCUT2D eigenvalue weighted by Gasteiger charge is 2.05. The number of aryl methyl sites for hydroxylation is 1. The van der Waals surface area contributed by atoms with Gasteiger partial charge in [0, 0.05) is 13.7 Å². The maximum Gasteiger partial charge on any atom is 0.158 e. The van der Waals surface area contributed by atoms with Gasteiger partial charge in [0.1, 0.15) is 12.4 Å². The molecule has 1 N–H and O–H groups in total. The van der Waals surface area contributed by atoms with Crippen molar-refractivity contribution in [2.45, 2.75) is 20.1 Å². The number of nitrogens with zero attached hydrogens (tertiary/aromatic N) is 3. The van der Waals surface area contributed by atoms with Crippen LogP contribution < -0.4 is 0 Å². The number of aromatic nitrogens is 3. The Morgan fingerprint density at radius 3 is 2.83 bits per heavy atom. The molecule has 1 aromatic rings. The van der Waals surface area contributed by atoms with Crippen molar-refractivity contribution in [2.24, 2.45) is 0 Å². The number of rotatable bonds is 4. The second-order valence-corrected chi connectivity index (χ2v) is 2.47. The van der Waals surface area contributed by atoms with Gasteiger partial charge < -0.3 is 14.4 Å². The molecule has 0 bridgehead atoms. The quantitative estimate of drug-likeness (QED) is 0.677. The van der Waals surface area contributed by atoms with Gasteiger partial charge in [-0.3, -0.25) is 0 Å². The predicted octanol–water partition coefficient (Wildman–Crippen LogP) is -0.275. The van der Waals surface area contributed by atoms with Gasteiger partial charge in [-0.15, -0.1) is 10.2 Å². The Morgan fingerprint density at radius 2 is 2.25 bits per heavy atom. The Labute approximate surface area is 71.0 Å². The zero-order valence-corrected chi connectivity index (χ0v) is 7.32. The summed E-state index contributed by atoms with van der Waals surface area (Å²) in [6.45, 7) is 3.06. The van der Waals surface area contributed by atoms with Crippen molar-refractivity contribution in [3.8, 4) is 0 Å². The lowest BCUT2D eigenvalue weighted by Gasteiger charge is -2.05. The van der Waals surface area contributed by atoms with E-state index in [1.807, 2.05) is 11.5 Å². The zero-order chi connectivity index (χ0) is 8.97. The third-order valence-electron chi connectivity index (χ3n) is 1.67. The Kier molecular flexibility index (Phi) is 3.19. The monoisotopic (exact) mass is 171 g/mol. The fourth-order valence-corrected chi connectivity index (χ4v) is 1.02. The molecule has 1 heterocycles. The molecular formula is C7H13N3O2. The summed E-state index contributed by atoms with van der Waals surface area (Å²) in [6.07, 6.45) is 0. The van der Waals surface area contributed by atoms with Crippen molar-refractivity contribution in [1.82, 2.24) is 14.8 Å². The minimum absolute atomic E-state index is 0.0788. The Morgan fingerprint density at radius 1 is 1.50 bits per heavy atom. The maximum atomic E-state index is 8.87. The molecule has 0 saturated carbocycles.